The minimum atomic E-state index is -0.657. The number of unbranched alkanes of at least 4 members (excludes halogenated alkanes) is 64. The largest absolute Gasteiger partial charge is 0.466 e. The van der Waals surface area contributed by atoms with E-state index in [-0.39, 0.29) is 18.5 Å². The van der Waals surface area contributed by atoms with Crippen LogP contribution in [0.4, 0.5) is 0 Å². The van der Waals surface area contributed by atoms with Crippen LogP contribution in [0, 0.1) is 0 Å². The number of esters is 1. The molecule has 0 saturated carbocycles. The molecule has 0 aliphatic rings. The first-order chi connectivity index (χ1) is 41.5. The molecule has 6 heteroatoms. The van der Waals surface area contributed by atoms with E-state index in [1.54, 1.807) is 0 Å². The first-order valence-corrected chi connectivity index (χ1v) is 39.3. The Labute approximate surface area is 527 Å². The van der Waals surface area contributed by atoms with Crippen molar-refractivity contribution in [2.75, 3.05) is 13.2 Å². The Morgan fingerprint density at radius 3 is 0.726 bits per heavy atom. The van der Waals surface area contributed by atoms with E-state index in [0.29, 0.717) is 25.9 Å². The second-order valence-electron chi connectivity index (χ2n) is 27.4. The van der Waals surface area contributed by atoms with Crippen LogP contribution in [0.25, 0.3) is 0 Å². The number of aliphatic hydroxyl groups is 2. The molecular weight excluding hydrogens is 1030 g/mol. The molecule has 0 bridgehead atoms. The lowest BCUT2D eigenvalue weighted by Crippen LogP contribution is -2.45. The molecule has 0 heterocycles. The van der Waals surface area contributed by atoms with Gasteiger partial charge in [-0.2, -0.15) is 0 Å². The van der Waals surface area contributed by atoms with Gasteiger partial charge >= 0.3 is 5.97 Å². The van der Waals surface area contributed by atoms with E-state index in [4.69, 9.17) is 4.74 Å². The predicted molar refractivity (Wildman–Crippen MR) is 371 cm³/mol. The van der Waals surface area contributed by atoms with Gasteiger partial charge in [0.05, 0.1) is 25.4 Å². The molecule has 0 aromatic carbocycles. The summed E-state index contributed by atoms with van der Waals surface area (Å²) in [6.45, 7) is 5.00. The quantitative estimate of drug-likeness (QED) is 0.0417. The molecule has 84 heavy (non-hydrogen) atoms. The smallest absolute Gasteiger partial charge is 0.305 e. The third-order valence-corrected chi connectivity index (χ3v) is 18.9. The summed E-state index contributed by atoms with van der Waals surface area (Å²) in [6, 6.07) is -0.534. The third kappa shape index (κ3) is 70.0. The van der Waals surface area contributed by atoms with Crippen LogP contribution >= 0.6 is 0 Å². The Morgan fingerprint density at radius 2 is 0.488 bits per heavy atom. The highest BCUT2D eigenvalue weighted by Crippen LogP contribution is 2.21. The zero-order chi connectivity index (χ0) is 60.6. The number of hydrogen-bond acceptors (Lipinski definition) is 5. The summed E-state index contributed by atoms with van der Waals surface area (Å²) in [6.07, 6.45) is 92.2. The number of carbonyl (C=O) groups excluding carboxylic acids is 2. The van der Waals surface area contributed by atoms with Gasteiger partial charge in [-0.15, -0.1) is 0 Å². The average molecular weight is 1190 g/mol. The normalized spacial score (nSPS) is 12.4. The molecule has 1 amide bonds. The van der Waals surface area contributed by atoms with Gasteiger partial charge in [0, 0.05) is 12.8 Å². The van der Waals surface area contributed by atoms with E-state index in [9.17, 15) is 19.8 Å². The summed E-state index contributed by atoms with van der Waals surface area (Å²) in [4.78, 5) is 24.6. The van der Waals surface area contributed by atoms with Crippen molar-refractivity contribution in [2.45, 2.75) is 475 Å². The van der Waals surface area contributed by atoms with Gasteiger partial charge in [-0.3, -0.25) is 9.59 Å². The highest BCUT2D eigenvalue weighted by atomic mass is 16.5. The number of nitrogens with one attached hydrogen (secondary N) is 1. The molecule has 0 aromatic rings. The molecule has 0 saturated heterocycles. The predicted octanol–water partition coefficient (Wildman–Crippen LogP) is 25.7. The molecule has 6 nitrogen and oxygen atoms in total. The maximum Gasteiger partial charge on any atom is 0.305 e. The molecule has 502 valence electrons. The van der Waals surface area contributed by atoms with Crippen molar-refractivity contribution in [3.05, 3.63) is 0 Å². The lowest BCUT2D eigenvalue weighted by atomic mass is 10.0. The van der Waals surface area contributed by atoms with Crippen LogP contribution < -0.4 is 5.32 Å². The monoisotopic (exact) mass is 1190 g/mol. The molecule has 2 unspecified atom stereocenters. The molecule has 0 aliphatic heterocycles. The summed E-state index contributed by atoms with van der Waals surface area (Å²) < 4.78 is 5.52. The van der Waals surface area contributed by atoms with Gasteiger partial charge in [0.25, 0.3) is 0 Å². The van der Waals surface area contributed by atoms with Gasteiger partial charge in [0.15, 0.2) is 0 Å². The minimum Gasteiger partial charge on any atom is -0.466 e. The summed E-state index contributed by atoms with van der Waals surface area (Å²) in [7, 11) is 0. The van der Waals surface area contributed by atoms with Crippen molar-refractivity contribution in [1.29, 1.82) is 0 Å². The van der Waals surface area contributed by atoms with Crippen molar-refractivity contribution in [1.82, 2.24) is 5.32 Å². The fraction of sp³-hybridized carbons (Fsp3) is 0.974. The lowest BCUT2D eigenvalue weighted by molar-refractivity contribution is -0.143. The first kappa shape index (κ1) is 82.9. The van der Waals surface area contributed by atoms with Gasteiger partial charge in [-0.05, 0) is 25.7 Å². The minimum absolute atomic E-state index is 0.0268. The summed E-state index contributed by atoms with van der Waals surface area (Å²) in [5.41, 5.74) is 0. The van der Waals surface area contributed by atoms with E-state index in [0.717, 1.165) is 38.5 Å². The van der Waals surface area contributed by atoms with Gasteiger partial charge in [0.1, 0.15) is 0 Å². The molecule has 2 atom stereocenters. The zero-order valence-corrected chi connectivity index (χ0v) is 57.7. The van der Waals surface area contributed by atoms with Gasteiger partial charge in [-0.25, -0.2) is 0 Å². The van der Waals surface area contributed by atoms with Gasteiger partial charge in [0.2, 0.25) is 5.91 Å². The summed E-state index contributed by atoms with van der Waals surface area (Å²) >= 11 is 0. The first-order valence-electron chi connectivity index (χ1n) is 39.3. The number of carbonyl (C=O) groups is 2. The van der Waals surface area contributed by atoms with E-state index in [1.165, 1.54) is 392 Å². The molecule has 0 rings (SSSR count). The molecule has 3 N–H and O–H groups in total. The van der Waals surface area contributed by atoms with Crippen LogP contribution in [0.1, 0.15) is 463 Å². The van der Waals surface area contributed by atoms with Crippen LogP contribution in [0.15, 0.2) is 0 Å². The fourth-order valence-electron chi connectivity index (χ4n) is 12.9. The van der Waals surface area contributed by atoms with Crippen molar-refractivity contribution < 1.29 is 24.5 Å². The summed E-state index contributed by atoms with van der Waals surface area (Å²) in [5, 5.41) is 23.2. The van der Waals surface area contributed by atoms with Crippen molar-refractivity contribution in [3.8, 4) is 0 Å². The highest BCUT2D eigenvalue weighted by Gasteiger charge is 2.20. The maximum absolute atomic E-state index is 12.5. The molecule has 0 aliphatic carbocycles. The highest BCUT2D eigenvalue weighted by molar-refractivity contribution is 5.76. The Morgan fingerprint density at radius 1 is 0.286 bits per heavy atom. The molecule has 0 spiro atoms. The number of amides is 1. The third-order valence-electron chi connectivity index (χ3n) is 18.9. The van der Waals surface area contributed by atoms with Crippen LogP contribution in [-0.2, 0) is 14.3 Å². The van der Waals surface area contributed by atoms with E-state index in [1.807, 2.05) is 0 Å². The zero-order valence-electron chi connectivity index (χ0n) is 57.7. The standard InChI is InChI=1S/C78H155NO5/c1-3-5-7-9-11-13-15-16-17-41-45-48-52-56-60-64-68-72-78(83)84-73-69-65-61-57-53-49-46-43-40-38-36-34-32-30-28-26-24-22-20-18-19-21-23-25-27-29-31-33-35-37-39-42-44-47-51-55-59-63-67-71-77(82)79-75(74-80)76(81)70-66-62-58-54-50-14-12-10-8-6-4-2/h75-76,80-81H,3-74H2,1-2H3,(H,79,82). The van der Waals surface area contributed by atoms with Gasteiger partial charge < -0.3 is 20.3 Å². The lowest BCUT2D eigenvalue weighted by Gasteiger charge is -2.22. The Kier molecular flexibility index (Phi) is 73.3. The SMILES string of the molecule is CCCCCCCCCCCCCCCCCCCC(=O)OCCCCCCCCCCCCCCCCCCCCCCCCCCCCCCCCCCCCCCCCCC(=O)NC(CO)C(O)CCCCCCCCCCCCC. The number of hydrogen-bond donors (Lipinski definition) is 3. The second kappa shape index (κ2) is 74.3. The second-order valence-corrected chi connectivity index (χ2v) is 27.4. The molecule has 0 radical (unpaired) electrons. The van der Waals surface area contributed by atoms with E-state index >= 15 is 0 Å². The van der Waals surface area contributed by atoms with Crippen LogP contribution in [0.5, 0.6) is 0 Å². The fourth-order valence-corrected chi connectivity index (χ4v) is 12.9. The summed E-state index contributed by atoms with van der Waals surface area (Å²) in [5.74, 6) is 0.00249. The van der Waals surface area contributed by atoms with E-state index in [2.05, 4.69) is 19.2 Å². The van der Waals surface area contributed by atoms with E-state index < -0.39 is 12.1 Å². The van der Waals surface area contributed by atoms with Crippen LogP contribution in [0.2, 0.25) is 0 Å². The molecule has 0 fully saturated rings. The van der Waals surface area contributed by atoms with Gasteiger partial charge in [-0.1, -0.05) is 425 Å². The maximum atomic E-state index is 12.5. The topological polar surface area (TPSA) is 95.9 Å². The van der Waals surface area contributed by atoms with Crippen molar-refractivity contribution >= 4 is 11.9 Å². The number of aliphatic hydroxyl groups excluding tert-OH is 2. The number of rotatable bonds is 75. The Bertz CT molecular complexity index is 1230. The molecule has 0 aromatic heterocycles. The van der Waals surface area contributed by atoms with Crippen LogP contribution in [-0.4, -0.2) is 47.4 Å². The number of ether oxygens (including phenoxy) is 1. The van der Waals surface area contributed by atoms with Crippen LogP contribution in [0.3, 0.4) is 0 Å². The van der Waals surface area contributed by atoms with Crippen molar-refractivity contribution in [3.63, 3.8) is 0 Å². The Balaban J connectivity index is 3.25. The van der Waals surface area contributed by atoms with Crippen molar-refractivity contribution in [2.24, 2.45) is 0 Å². The average Bonchev–Trinajstić information content (AvgIpc) is 3.53. The Hall–Kier alpha value is -1.14. The molecular formula is C78H155NO5.